The Balaban J connectivity index is 2.19. The van der Waals surface area contributed by atoms with Crippen LogP contribution in [0.5, 0.6) is 0 Å². The molecule has 2 heterocycles. The molecule has 0 amide bonds. The number of phosphoric acid groups is 2. The zero-order chi connectivity index (χ0) is 15.6. The predicted molar refractivity (Wildman–Crippen MR) is 57.3 cm³/mol. The maximum absolute atomic E-state index is 11.5. The summed E-state index contributed by atoms with van der Waals surface area (Å²) in [5.41, 5.74) is -0.973. The molecule has 2 fully saturated rings. The summed E-state index contributed by atoms with van der Waals surface area (Å²) in [5.74, 6) is 0. The Bertz CT molecular complexity index is 592. The summed E-state index contributed by atoms with van der Waals surface area (Å²) in [7, 11) is -14.5. The lowest BCUT2D eigenvalue weighted by Gasteiger charge is -2.23. The van der Waals surface area contributed by atoms with Gasteiger partial charge in [-0.25, -0.2) is 9.13 Å². The lowest BCUT2D eigenvalue weighted by Crippen LogP contribution is -2.41. The van der Waals surface area contributed by atoms with Crippen molar-refractivity contribution in [1.82, 2.24) is 0 Å². The van der Waals surface area contributed by atoms with Gasteiger partial charge in [-0.1, -0.05) is 0 Å². The molecule has 0 bridgehead atoms. The van der Waals surface area contributed by atoms with Crippen LogP contribution in [0.2, 0.25) is 0 Å². The minimum atomic E-state index is -5.41. The molecule has 0 aromatic carbocycles. The molecule has 2 rings (SSSR count). The van der Waals surface area contributed by atoms with Crippen molar-refractivity contribution in [3.8, 4) is 0 Å². The number of aliphatic hydroxyl groups is 2. The number of phosphoric ester groups is 1. The van der Waals surface area contributed by atoms with Gasteiger partial charge in [0.1, 0.15) is 12.2 Å². The third-order valence-electron chi connectivity index (χ3n) is 2.57. The van der Waals surface area contributed by atoms with E-state index in [2.05, 4.69) is 13.4 Å². The van der Waals surface area contributed by atoms with Crippen molar-refractivity contribution in [3.63, 3.8) is 0 Å². The molecule has 15 heteroatoms. The topological polar surface area (TPSA) is 200 Å². The van der Waals surface area contributed by atoms with Crippen molar-refractivity contribution in [2.75, 3.05) is 6.61 Å². The molecule has 0 saturated carbocycles. The minimum Gasteiger partial charge on any atom is -0.394 e. The second kappa shape index (κ2) is 4.52. The normalized spacial score (nSPS) is 37.8. The Labute approximate surface area is 110 Å². The summed E-state index contributed by atoms with van der Waals surface area (Å²) < 4.78 is 45.5. The van der Waals surface area contributed by atoms with Crippen LogP contribution in [0.25, 0.3) is 0 Å². The van der Waals surface area contributed by atoms with Crippen LogP contribution in [0, 0.1) is 0 Å². The summed E-state index contributed by atoms with van der Waals surface area (Å²) in [4.78, 5) is 37.1. The van der Waals surface area contributed by atoms with Gasteiger partial charge in [0.15, 0.2) is 0 Å². The maximum atomic E-state index is 11.5. The van der Waals surface area contributed by atoms with E-state index in [-0.39, 0.29) is 0 Å². The van der Waals surface area contributed by atoms with Crippen molar-refractivity contribution < 1.29 is 56.7 Å². The van der Waals surface area contributed by atoms with Crippen LogP contribution in [0.4, 0.5) is 0 Å². The average molecular weight is 354 g/mol. The van der Waals surface area contributed by atoms with Crippen LogP contribution in [0.15, 0.2) is 0 Å². The highest BCUT2D eigenvalue weighted by atomic mass is 31.3. The fraction of sp³-hybridized carbons (Fsp3) is 0.800. The molecule has 0 aromatic rings. The molecule has 12 nitrogen and oxygen atoms in total. The molecular formula is C5H9O12P3. The molecule has 2 aliphatic rings. The molecule has 2 aliphatic heterocycles. The largest absolute Gasteiger partial charge is 0.481 e. The van der Waals surface area contributed by atoms with E-state index in [0.29, 0.717) is 0 Å². The SMILES string of the molecule is O=C1[C@@]2([C@H](OP(=O)(O)OP(=O)(O)O)[C@H](O)CO)OP12=O. The lowest BCUT2D eigenvalue weighted by atomic mass is 10.1. The first kappa shape index (κ1) is 16.4. The van der Waals surface area contributed by atoms with E-state index in [1.54, 1.807) is 0 Å². The highest BCUT2D eigenvalue weighted by Gasteiger charge is 3.00. The number of carbonyl (C=O) groups is 1. The summed E-state index contributed by atoms with van der Waals surface area (Å²) in [5, 5.41) is 16.0. The smallest absolute Gasteiger partial charge is 0.394 e. The van der Waals surface area contributed by atoms with Gasteiger partial charge in [0, 0.05) is 0 Å². The fourth-order valence-corrected chi connectivity index (χ4v) is 5.81. The Morgan fingerprint density at radius 2 is 1.85 bits per heavy atom. The first-order valence-corrected chi connectivity index (χ1v) is 9.47. The Morgan fingerprint density at radius 3 is 2.15 bits per heavy atom. The van der Waals surface area contributed by atoms with Crippen molar-refractivity contribution >= 4 is 28.5 Å². The first-order valence-electron chi connectivity index (χ1n) is 4.82. The van der Waals surface area contributed by atoms with Gasteiger partial charge in [-0.05, 0) is 0 Å². The molecule has 20 heavy (non-hydrogen) atoms. The molecule has 0 aliphatic carbocycles. The molecule has 5 atom stereocenters. The van der Waals surface area contributed by atoms with E-state index in [1.165, 1.54) is 0 Å². The quantitative estimate of drug-likeness (QED) is 0.261. The van der Waals surface area contributed by atoms with Gasteiger partial charge < -0.3 is 24.9 Å². The fourth-order valence-electron chi connectivity index (χ4n) is 1.64. The summed E-state index contributed by atoms with van der Waals surface area (Å²) in [6.07, 6.45) is -4.02. The molecule has 2 unspecified atom stereocenters. The van der Waals surface area contributed by atoms with Gasteiger partial charge in [0.2, 0.25) is 0 Å². The average Bonchev–Trinajstić information content (AvgIpc) is 3.04. The first-order chi connectivity index (χ1) is 8.90. The van der Waals surface area contributed by atoms with Gasteiger partial charge in [-0.15, -0.1) is 0 Å². The number of carbonyl (C=O) groups excluding carboxylic acids is 1. The third-order valence-corrected chi connectivity index (χ3v) is 7.19. The number of rotatable bonds is 7. The zero-order valence-corrected chi connectivity index (χ0v) is 12.0. The van der Waals surface area contributed by atoms with Crippen molar-refractivity contribution in [2.24, 2.45) is 0 Å². The Kier molecular flexibility index (Phi) is 3.71. The number of hydrogen-bond donors (Lipinski definition) is 5. The van der Waals surface area contributed by atoms with Crippen LogP contribution in [-0.4, -0.2) is 54.6 Å². The van der Waals surface area contributed by atoms with Gasteiger partial charge in [0.05, 0.1) is 6.61 Å². The second-order valence-electron chi connectivity index (χ2n) is 3.96. The standard InChI is InChI=1S/C5H9O12P3/c6-1-2(7)3(5-4(8)18(5,9)16-5)15-20(13,14)17-19(10,11)12/h2-3,6-7H,1H2,(H,13,14)(H2,10,11,12)/t2-,3-,5+,18?/m1/s1. The molecule has 2 saturated heterocycles. The minimum absolute atomic E-state index is 0.973. The number of aliphatic hydroxyl groups excluding tert-OH is 2. The van der Waals surface area contributed by atoms with E-state index >= 15 is 0 Å². The molecule has 0 spiro atoms. The second-order valence-corrected chi connectivity index (χ2v) is 9.10. The molecule has 5 N–H and O–H groups in total. The Hall–Kier alpha value is 0.0400. The van der Waals surface area contributed by atoms with Crippen LogP contribution < -0.4 is 0 Å². The van der Waals surface area contributed by atoms with Gasteiger partial charge >= 0.3 is 23.0 Å². The van der Waals surface area contributed by atoms with E-state index in [4.69, 9.17) is 19.8 Å². The highest BCUT2D eigenvalue weighted by molar-refractivity contribution is 7.97. The Morgan fingerprint density at radius 1 is 1.35 bits per heavy atom. The lowest BCUT2D eigenvalue weighted by molar-refractivity contribution is -0.123. The van der Waals surface area contributed by atoms with Crippen molar-refractivity contribution in [2.45, 2.75) is 17.6 Å². The predicted octanol–water partition coefficient (Wildman–Crippen LogP) is -1.52. The number of hydrogen-bond acceptors (Lipinski definition) is 9. The van der Waals surface area contributed by atoms with Crippen molar-refractivity contribution in [3.05, 3.63) is 0 Å². The van der Waals surface area contributed by atoms with E-state index in [9.17, 15) is 23.6 Å². The third kappa shape index (κ3) is 2.47. The zero-order valence-electron chi connectivity index (χ0n) is 9.30. The molecule has 0 radical (unpaired) electrons. The summed E-state index contributed by atoms with van der Waals surface area (Å²) in [6, 6.07) is 0. The van der Waals surface area contributed by atoms with Crippen LogP contribution in [-0.2, 0) is 31.8 Å². The molecular weight excluding hydrogens is 345 g/mol. The summed E-state index contributed by atoms with van der Waals surface area (Å²) >= 11 is 0. The van der Waals surface area contributed by atoms with E-state index < -0.39 is 52.7 Å². The highest BCUT2D eigenvalue weighted by Crippen LogP contribution is 2.98. The maximum Gasteiger partial charge on any atom is 0.481 e. The van der Waals surface area contributed by atoms with Crippen LogP contribution in [0.1, 0.15) is 0 Å². The summed E-state index contributed by atoms with van der Waals surface area (Å²) in [6.45, 7) is -1.06. The van der Waals surface area contributed by atoms with Gasteiger partial charge in [-0.2, -0.15) is 4.31 Å². The monoisotopic (exact) mass is 354 g/mol. The van der Waals surface area contributed by atoms with E-state index in [1.807, 2.05) is 0 Å². The van der Waals surface area contributed by atoms with Crippen LogP contribution in [0.3, 0.4) is 0 Å². The van der Waals surface area contributed by atoms with E-state index in [0.717, 1.165) is 0 Å². The molecule has 116 valence electrons. The van der Waals surface area contributed by atoms with Gasteiger partial charge in [0.25, 0.3) is 10.9 Å². The van der Waals surface area contributed by atoms with Gasteiger partial charge in [-0.3, -0.25) is 18.4 Å². The van der Waals surface area contributed by atoms with Crippen molar-refractivity contribution in [1.29, 1.82) is 0 Å². The molecule has 0 aromatic heterocycles. The number of fused-ring (bicyclic) bond motifs is 1. The van der Waals surface area contributed by atoms with Crippen LogP contribution >= 0.6 is 23.0 Å².